The number of anilines is 3. The molecule has 8 heteroatoms. The minimum atomic E-state index is -0.545. The summed E-state index contributed by atoms with van der Waals surface area (Å²) in [6, 6.07) is 11.0. The van der Waals surface area contributed by atoms with Crippen LogP contribution in [-0.4, -0.2) is 15.9 Å². The number of halogens is 3. The van der Waals surface area contributed by atoms with Gasteiger partial charge in [0.15, 0.2) is 0 Å². The lowest BCUT2D eigenvalue weighted by Gasteiger charge is -2.08. The Hall–Kier alpha value is -3.06. The van der Waals surface area contributed by atoms with E-state index < -0.39 is 17.5 Å². The average molecular weight is 361 g/mol. The highest BCUT2D eigenvalue weighted by Gasteiger charge is 2.10. The van der Waals surface area contributed by atoms with Crippen LogP contribution in [0.4, 0.5) is 26.1 Å². The fraction of sp³-hybridized carbons (Fsp3) is 0. The fourth-order valence-electron chi connectivity index (χ4n) is 2.01. The van der Waals surface area contributed by atoms with Gasteiger partial charge in [0.2, 0.25) is 5.95 Å². The highest BCUT2D eigenvalue weighted by Crippen LogP contribution is 2.21. The van der Waals surface area contributed by atoms with Crippen molar-refractivity contribution in [3.63, 3.8) is 0 Å². The molecule has 25 heavy (non-hydrogen) atoms. The predicted octanol–water partition coefficient (Wildman–Crippen LogP) is 4.40. The summed E-state index contributed by atoms with van der Waals surface area (Å²) >= 11 is 5.71. The van der Waals surface area contributed by atoms with Crippen LogP contribution in [0, 0.1) is 11.6 Å². The molecule has 0 unspecified atom stereocenters. The molecule has 0 aliphatic carbocycles. The monoisotopic (exact) mass is 360 g/mol. The lowest BCUT2D eigenvalue weighted by molar-refractivity contribution is 0.102. The first-order valence-corrected chi connectivity index (χ1v) is 7.51. The van der Waals surface area contributed by atoms with Crippen molar-refractivity contribution in [3.8, 4) is 0 Å². The van der Waals surface area contributed by atoms with Gasteiger partial charge in [-0.1, -0.05) is 17.7 Å². The Bertz CT molecular complexity index is 936. The standard InChI is InChI=1S/C17H11ClF2N4O/c18-13-9-12(4-5-14(13)20)23-17-21-7-6-15(24-17)16(25)22-11-3-1-2-10(19)8-11/h1-9H,(H,22,25)(H,21,23,24). The Morgan fingerprint density at radius 1 is 1.04 bits per heavy atom. The van der Waals surface area contributed by atoms with Gasteiger partial charge in [-0.25, -0.2) is 18.7 Å². The number of amides is 1. The van der Waals surface area contributed by atoms with Crippen LogP contribution in [0.1, 0.15) is 10.5 Å². The SMILES string of the molecule is O=C(Nc1cccc(F)c1)c1ccnc(Nc2ccc(F)c(Cl)c2)n1. The summed E-state index contributed by atoms with van der Waals surface area (Å²) < 4.78 is 26.3. The van der Waals surface area contributed by atoms with Crippen molar-refractivity contribution in [3.05, 3.63) is 77.1 Å². The van der Waals surface area contributed by atoms with E-state index in [0.29, 0.717) is 11.4 Å². The molecule has 0 bridgehead atoms. The van der Waals surface area contributed by atoms with Gasteiger partial charge in [0.05, 0.1) is 5.02 Å². The minimum absolute atomic E-state index is 0.0509. The number of benzene rings is 2. The molecule has 1 amide bonds. The average Bonchev–Trinajstić information content (AvgIpc) is 2.58. The number of hydrogen-bond donors (Lipinski definition) is 2. The molecule has 0 saturated carbocycles. The van der Waals surface area contributed by atoms with Crippen molar-refractivity contribution in [2.24, 2.45) is 0 Å². The maximum atomic E-state index is 13.2. The molecule has 0 atom stereocenters. The molecular formula is C17H11ClF2N4O. The smallest absolute Gasteiger partial charge is 0.274 e. The molecule has 1 heterocycles. The molecule has 0 saturated heterocycles. The molecule has 126 valence electrons. The first-order valence-electron chi connectivity index (χ1n) is 7.13. The van der Waals surface area contributed by atoms with Crippen molar-refractivity contribution < 1.29 is 13.6 Å². The van der Waals surface area contributed by atoms with Crippen LogP contribution in [0.2, 0.25) is 5.02 Å². The van der Waals surface area contributed by atoms with E-state index in [4.69, 9.17) is 11.6 Å². The van der Waals surface area contributed by atoms with Gasteiger partial charge < -0.3 is 10.6 Å². The summed E-state index contributed by atoms with van der Waals surface area (Å²) in [5, 5.41) is 5.31. The van der Waals surface area contributed by atoms with Gasteiger partial charge in [0.1, 0.15) is 17.3 Å². The number of carbonyl (C=O) groups is 1. The molecule has 2 aromatic carbocycles. The third-order valence-corrected chi connectivity index (χ3v) is 3.44. The molecule has 0 aliphatic heterocycles. The van der Waals surface area contributed by atoms with E-state index in [1.54, 1.807) is 6.07 Å². The topological polar surface area (TPSA) is 66.9 Å². The van der Waals surface area contributed by atoms with Crippen LogP contribution in [0.5, 0.6) is 0 Å². The number of aromatic nitrogens is 2. The maximum Gasteiger partial charge on any atom is 0.274 e. The van der Waals surface area contributed by atoms with Crippen molar-refractivity contribution in [2.45, 2.75) is 0 Å². The van der Waals surface area contributed by atoms with Crippen molar-refractivity contribution in [1.29, 1.82) is 0 Å². The number of nitrogens with zero attached hydrogens (tertiary/aromatic N) is 2. The minimum Gasteiger partial charge on any atom is -0.324 e. The number of nitrogens with one attached hydrogen (secondary N) is 2. The van der Waals surface area contributed by atoms with E-state index in [9.17, 15) is 13.6 Å². The van der Waals surface area contributed by atoms with Crippen LogP contribution in [0.25, 0.3) is 0 Å². The quantitative estimate of drug-likeness (QED) is 0.723. The predicted molar refractivity (Wildman–Crippen MR) is 91.1 cm³/mol. The Kier molecular flexibility index (Phi) is 4.85. The number of rotatable bonds is 4. The van der Waals surface area contributed by atoms with Gasteiger partial charge in [-0.05, 0) is 42.5 Å². The maximum absolute atomic E-state index is 13.2. The van der Waals surface area contributed by atoms with Crippen molar-refractivity contribution in [2.75, 3.05) is 10.6 Å². The second-order valence-corrected chi connectivity index (χ2v) is 5.39. The summed E-state index contributed by atoms with van der Waals surface area (Å²) in [4.78, 5) is 20.3. The Morgan fingerprint density at radius 3 is 2.64 bits per heavy atom. The highest BCUT2D eigenvalue weighted by atomic mass is 35.5. The summed E-state index contributed by atoms with van der Waals surface area (Å²) in [6.07, 6.45) is 1.39. The Balaban J connectivity index is 1.76. The van der Waals surface area contributed by atoms with Gasteiger partial charge in [-0.15, -0.1) is 0 Å². The zero-order chi connectivity index (χ0) is 17.8. The summed E-state index contributed by atoms with van der Waals surface area (Å²) in [7, 11) is 0. The van der Waals surface area contributed by atoms with Crippen LogP contribution in [0.3, 0.4) is 0 Å². The Labute approximate surface area is 146 Å². The molecule has 2 N–H and O–H groups in total. The van der Waals surface area contributed by atoms with E-state index >= 15 is 0 Å². The zero-order valence-electron chi connectivity index (χ0n) is 12.6. The number of carbonyl (C=O) groups excluding carboxylic acids is 1. The molecule has 1 aromatic heterocycles. The zero-order valence-corrected chi connectivity index (χ0v) is 13.4. The fourth-order valence-corrected chi connectivity index (χ4v) is 2.19. The molecule has 0 radical (unpaired) electrons. The van der Waals surface area contributed by atoms with E-state index in [0.717, 1.165) is 0 Å². The second-order valence-electron chi connectivity index (χ2n) is 4.98. The molecule has 0 spiro atoms. The van der Waals surface area contributed by atoms with Gasteiger partial charge in [0.25, 0.3) is 5.91 Å². The molecule has 0 aliphatic rings. The summed E-state index contributed by atoms with van der Waals surface area (Å²) in [5.74, 6) is -1.39. The van der Waals surface area contributed by atoms with Crippen molar-refractivity contribution in [1.82, 2.24) is 9.97 Å². The number of hydrogen-bond acceptors (Lipinski definition) is 4. The van der Waals surface area contributed by atoms with Gasteiger partial charge >= 0.3 is 0 Å². The first kappa shape index (κ1) is 16.8. The molecule has 3 aromatic rings. The highest BCUT2D eigenvalue weighted by molar-refractivity contribution is 6.31. The van der Waals surface area contributed by atoms with Crippen LogP contribution >= 0.6 is 11.6 Å². The second kappa shape index (κ2) is 7.23. The lowest BCUT2D eigenvalue weighted by atomic mass is 10.3. The molecular weight excluding hydrogens is 350 g/mol. The van der Waals surface area contributed by atoms with E-state index in [2.05, 4.69) is 20.6 Å². The largest absolute Gasteiger partial charge is 0.324 e. The van der Waals surface area contributed by atoms with Crippen LogP contribution < -0.4 is 10.6 Å². The molecule has 3 rings (SSSR count). The van der Waals surface area contributed by atoms with Gasteiger partial charge in [-0.3, -0.25) is 4.79 Å². The van der Waals surface area contributed by atoms with Crippen LogP contribution in [-0.2, 0) is 0 Å². The van der Waals surface area contributed by atoms with Gasteiger partial charge in [0, 0.05) is 17.6 Å². The van der Waals surface area contributed by atoms with Crippen molar-refractivity contribution >= 4 is 34.8 Å². The first-order chi connectivity index (χ1) is 12.0. The van der Waals surface area contributed by atoms with Crippen LogP contribution in [0.15, 0.2) is 54.7 Å². The molecule has 0 fully saturated rings. The summed E-state index contributed by atoms with van der Waals surface area (Å²) in [5.41, 5.74) is 0.854. The van der Waals surface area contributed by atoms with E-state index in [-0.39, 0.29) is 16.7 Å². The van der Waals surface area contributed by atoms with E-state index in [1.165, 1.54) is 48.7 Å². The van der Waals surface area contributed by atoms with Gasteiger partial charge in [-0.2, -0.15) is 0 Å². The molecule has 5 nitrogen and oxygen atoms in total. The summed E-state index contributed by atoms with van der Waals surface area (Å²) in [6.45, 7) is 0. The Morgan fingerprint density at radius 2 is 1.88 bits per heavy atom. The van der Waals surface area contributed by atoms with E-state index in [1.807, 2.05) is 0 Å². The third-order valence-electron chi connectivity index (χ3n) is 3.15. The normalized spacial score (nSPS) is 10.4. The third kappa shape index (κ3) is 4.27. The lowest BCUT2D eigenvalue weighted by Crippen LogP contribution is -2.14.